The molecule has 0 aliphatic carbocycles. The van der Waals surface area contributed by atoms with E-state index >= 15 is 0 Å². The first-order chi connectivity index (χ1) is 13.0. The summed E-state index contributed by atoms with van der Waals surface area (Å²) in [6.07, 6.45) is 3.18. The number of halogens is 1. The van der Waals surface area contributed by atoms with Gasteiger partial charge in [-0.15, -0.1) is 0 Å². The molecule has 0 spiro atoms. The molecule has 0 fully saturated rings. The third-order valence-electron chi connectivity index (χ3n) is 3.55. The summed E-state index contributed by atoms with van der Waals surface area (Å²) in [5.74, 6) is 0.763. The number of hydrazone groups is 1. The third kappa shape index (κ3) is 4.74. The van der Waals surface area contributed by atoms with Crippen molar-refractivity contribution in [2.75, 3.05) is 5.43 Å². The van der Waals surface area contributed by atoms with Crippen LogP contribution in [0.15, 0.2) is 70.7 Å². The Balaban J connectivity index is 1.76. The molecule has 0 bridgehead atoms. The highest BCUT2D eigenvalue weighted by Gasteiger charge is 2.10. The lowest BCUT2D eigenvalue weighted by molar-refractivity contribution is 0.242. The number of ether oxygens (including phenoxy) is 1. The molecule has 0 saturated heterocycles. The Morgan fingerprint density at radius 3 is 2.70 bits per heavy atom. The van der Waals surface area contributed by atoms with Gasteiger partial charge in [0.1, 0.15) is 16.5 Å². The number of hydrogen-bond donors (Lipinski definition) is 1. The summed E-state index contributed by atoms with van der Waals surface area (Å²) >= 11 is 6.18. The van der Waals surface area contributed by atoms with E-state index in [4.69, 9.17) is 16.3 Å². The van der Waals surface area contributed by atoms with Gasteiger partial charge < -0.3 is 4.74 Å². The Morgan fingerprint density at radius 2 is 1.96 bits per heavy atom. The lowest BCUT2D eigenvalue weighted by Crippen LogP contribution is -2.22. The zero-order valence-corrected chi connectivity index (χ0v) is 15.7. The second kappa shape index (κ2) is 8.51. The van der Waals surface area contributed by atoms with Crippen molar-refractivity contribution in [2.24, 2.45) is 5.10 Å². The number of nitrogens with zero attached hydrogens (tertiary/aromatic N) is 3. The van der Waals surface area contributed by atoms with Gasteiger partial charge in [-0.1, -0.05) is 41.9 Å². The summed E-state index contributed by atoms with van der Waals surface area (Å²) in [6, 6.07) is 16.6. The zero-order valence-electron chi connectivity index (χ0n) is 15.0. The van der Waals surface area contributed by atoms with Gasteiger partial charge in [0.25, 0.3) is 5.56 Å². The highest BCUT2D eigenvalue weighted by atomic mass is 35.5. The molecular formula is C20H19ClN4O2. The molecule has 0 radical (unpaired) electrons. The maximum atomic E-state index is 12.4. The van der Waals surface area contributed by atoms with Crippen LogP contribution in [0.1, 0.15) is 19.4 Å². The first-order valence-corrected chi connectivity index (χ1v) is 8.81. The van der Waals surface area contributed by atoms with Crippen molar-refractivity contribution in [3.05, 3.63) is 81.7 Å². The third-order valence-corrected chi connectivity index (χ3v) is 3.91. The molecule has 1 N–H and O–H groups in total. The fourth-order valence-corrected chi connectivity index (χ4v) is 2.55. The van der Waals surface area contributed by atoms with Crippen LogP contribution in [0, 0.1) is 0 Å². The fourth-order valence-electron chi connectivity index (χ4n) is 2.38. The molecule has 0 aliphatic heterocycles. The minimum absolute atomic E-state index is 0.0166. The SMILES string of the molecule is CC(C)Oc1cccc(/C=N\Nc2cnn(-c3ccccc3)c(=O)c2Cl)c1. The molecule has 0 atom stereocenters. The molecule has 0 unspecified atom stereocenters. The molecule has 0 saturated carbocycles. The van der Waals surface area contributed by atoms with Gasteiger partial charge >= 0.3 is 0 Å². The lowest BCUT2D eigenvalue weighted by atomic mass is 10.2. The molecule has 1 heterocycles. The molecule has 0 aliphatic rings. The largest absolute Gasteiger partial charge is 0.491 e. The Bertz CT molecular complexity index is 1000. The molecule has 2 aromatic carbocycles. The van der Waals surface area contributed by atoms with E-state index in [0.717, 1.165) is 11.3 Å². The van der Waals surface area contributed by atoms with Gasteiger partial charge in [0.2, 0.25) is 0 Å². The maximum absolute atomic E-state index is 12.4. The maximum Gasteiger partial charge on any atom is 0.292 e. The number of para-hydroxylation sites is 1. The van der Waals surface area contributed by atoms with E-state index in [9.17, 15) is 4.79 Å². The van der Waals surface area contributed by atoms with Crippen molar-refractivity contribution >= 4 is 23.5 Å². The van der Waals surface area contributed by atoms with Crippen molar-refractivity contribution in [1.29, 1.82) is 0 Å². The normalized spacial score (nSPS) is 11.1. The minimum Gasteiger partial charge on any atom is -0.491 e. The predicted molar refractivity (Wildman–Crippen MR) is 108 cm³/mol. The van der Waals surface area contributed by atoms with Crippen molar-refractivity contribution < 1.29 is 4.74 Å². The van der Waals surface area contributed by atoms with Crippen molar-refractivity contribution in [1.82, 2.24) is 9.78 Å². The van der Waals surface area contributed by atoms with Crippen LogP contribution in [0.4, 0.5) is 5.69 Å². The van der Waals surface area contributed by atoms with E-state index < -0.39 is 5.56 Å². The van der Waals surface area contributed by atoms with E-state index in [-0.39, 0.29) is 11.1 Å². The standard InChI is InChI=1S/C20H19ClN4O2/c1-14(2)27-17-10-6-7-15(11-17)12-22-24-18-13-23-25(20(26)19(18)21)16-8-4-3-5-9-16/h3-14,24H,1-2H3/b22-12-. The highest BCUT2D eigenvalue weighted by Crippen LogP contribution is 2.17. The molecule has 27 heavy (non-hydrogen) atoms. The summed E-state index contributed by atoms with van der Waals surface area (Å²) in [6.45, 7) is 3.93. The van der Waals surface area contributed by atoms with Crippen LogP contribution in [-0.2, 0) is 0 Å². The molecule has 3 aromatic rings. The summed E-state index contributed by atoms with van der Waals surface area (Å²) < 4.78 is 6.89. The number of anilines is 1. The fraction of sp³-hybridized carbons (Fsp3) is 0.150. The van der Waals surface area contributed by atoms with Crippen LogP contribution in [-0.4, -0.2) is 22.1 Å². The first kappa shape index (κ1) is 18.7. The van der Waals surface area contributed by atoms with Gasteiger partial charge in [-0.3, -0.25) is 10.2 Å². The second-order valence-electron chi connectivity index (χ2n) is 6.03. The van der Waals surface area contributed by atoms with Gasteiger partial charge in [0, 0.05) is 0 Å². The number of benzene rings is 2. The van der Waals surface area contributed by atoms with E-state index in [2.05, 4.69) is 15.6 Å². The predicted octanol–water partition coefficient (Wildman–Crippen LogP) is 4.12. The number of nitrogens with one attached hydrogen (secondary N) is 1. The first-order valence-electron chi connectivity index (χ1n) is 8.43. The average molecular weight is 383 g/mol. The molecule has 0 amide bonds. The van der Waals surface area contributed by atoms with Crippen molar-refractivity contribution in [3.63, 3.8) is 0 Å². The molecule has 138 valence electrons. The van der Waals surface area contributed by atoms with Crippen LogP contribution < -0.4 is 15.7 Å². The number of aromatic nitrogens is 2. The summed E-state index contributed by atoms with van der Waals surface area (Å²) in [4.78, 5) is 12.4. The highest BCUT2D eigenvalue weighted by molar-refractivity contribution is 6.32. The molecular weight excluding hydrogens is 364 g/mol. The molecule has 6 nitrogen and oxygen atoms in total. The van der Waals surface area contributed by atoms with E-state index in [0.29, 0.717) is 11.4 Å². The molecule has 3 rings (SSSR count). The Labute approximate surface area is 162 Å². The molecule has 1 aromatic heterocycles. The quantitative estimate of drug-likeness (QED) is 0.514. The van der Waals surface area contributed by atoms with Gasteiger partial charge in [0.05, 0.1) is 24.2 Å². The Hall–Kier alpha value is -3.12. The topological polar surface area (TPSA) is 68.5 Å². The van der Waals surface area contributed by atoms with Gasteiger partial charge in [0.15, 0.2) is 0 Å². The van der Waals surface area contributed by atoms with Crippen LogP contribution >= 0.6 is 11.6 Å². The minimum atomic E-state index is -0.421. The van der Waals surface area contributed by atoms with Crippen molar-refractivity contribution in [2.45, 2.75) is 20.0 Å². The summed E-state index contributed by atoms with van der Waals surface area (Å²) in [7, 11) is 0. The average Bonchev–Trinajstić information content (AvgIpc) is 2.66. The second-order valence-corrected chi connectivity index (χ2v) is 6.41. The van der Waals surface area contributed by atoms with Crippen LogP contribution in [0.25, 0.3) is 5.69 Å². The van der Waals surface area contributed by atoms with E-state index in [1.54, 1.807) is 18.3 Å². The van der Waals surface area contributed by atoms with Crippen LogP contribution in [0.5, 0.6) is 5.75 Å². The summed E-state index contributed by atoms with van der Waals surface area (Å²) in [5, 5.41) is 8.29. The van der Waals surface area contributed by atoms with Gasteiger partial charge in [-0.05, 0) is 43.7 Å². The number of hydrogen-bond acceptors (Lipinski definition) is 5. The van der Waals surface area contributed by atoms with E-state index in [1.165, 1.54) is 10.9 Å². The van der Waals surface area contributed by atoms with E-state index in [1.807, 2.05) is 56.3 Å². The van der Waals surface area contributed by atoms with Gasteiger partial charge in [-0.25, -0.2) is 0 Å². The van der Waals surface area contributed by atoms with Crippen molar-refractivity contribution in [3.8, 4) is 11.4 Å². The van der Waals surface area contributed by atoms with Crippen LogP contribution in [0.2, 0.25) is 5.02 Å². The lowest BCUT2D eigenvalue weighted by Gasteiger charge is -2.09. The van der Waals surface area contributed by atoms with Crippen LogP contribution in [0.3, 0.4) is 0 Å². The Kier molecular flexibility index (Phi) is 5.88. The number of rotatable bonds is 6. The molecule has 7 heteroatoms. The smallest absolute Gasteiger partial charge is 0.292 e. The monoisotopic (exact) mass is 382 g/mol. The zero-order chi connectivity index (χ0) is 19.2. The van der Waals surface area contributed by atoms with Gasteiger partial charge in [-0.2, -0.15) is 14.9 Å². The Morgan fingerprint density at radius 1 is 1.19 bits per heavy atom. The summed E-state index contributed by atoms with van der Waals surface area (Å²) in [5.41, 5.74) is 4.16.